The van der Waals surface area contributed by atoms with Crippen LogP contribution in [0.3, 0.4) is 0 Å². The second kappa shape index (κ2) is 6.55. The molecule has 1 aromatic carbocycles. The lowest BCUT2D eigenvalue weighted by atomic mass is 10.1. The second-order valence-corrected chi connectivity index (χ2v) is 7.20. The zero-order valence-electron chi connectivity index (χ0n) is 10.9. The van der Waals surface area contributed by atoms with Crippen molar-refractivity contribution in [1.29, 1.82) is 0 Å². The Morgan fingerprint density at radius 1 is 1.22 bits per heavy atom. The van der Waals surface area contributed by atoms with Crippen LogP contribution >= 0.6 is 10.7 Å². The zero-order valence-corrected chi connectivity index (χ0v) is 12.5. The van der Waals surface area contributed by atoms with Gasteiger partial charge in [0.1, 0.15) is 0 Å². The van der Waals surface area contributed by atoms with Gasteiger partial charge in [0.25, 0.3) is 9.05 Å². The number of benzene rings is 1. The van der Waals surface area contributed by atoms with Crippen LogP contribution in [0.5, 0.6) is 0 Å². The predicted octanol–water partition coefficient (Wildman–Crippen LogP) is 3.74. The van der Waals surface area contributed by atoms with E-state index < -0.39 is 9.05 Å². The lowest BCUT2D eigenvalue weighted by Crippen LogP contribution is -2.08. The molecule has 1 aromatic rings. The van der Waals surface area contributed by atoms with Gasteiger partial charge in [-0.3, -0.25) is 0 Å². The quantitative estimate of drug-likeness (QED) is 0.750. The molecule has 102 valence electrons. The fourth-order valence-corrected chi connectivity index (χ4v) is 2.37. The molecule has 1 atom stereocenters. The van der Waals surface area contributed by atoms with E-state index in [4.69, 9.17) is 15.4 Å². The molecule has 0 radical (unpaired) electrons. The first-order valence-electron chi connectivity index (χ1n) is 6.00. The summed E-state index contributed by atoms with van der Waals surface area (Å²) in [5, 5.41) is 0. The number of ether oxygens (including phenoxy) is 1. The van der Waals surface area contributed by atoms with Crippen molar-refractivity contribution in [3.05, 3.63) is 29.8 Å². The summed E-state index contributed by atoms with van der Waals surface area (Å²) in [4.78, 5) is 0.117. The van der Waals surface area contributed by atoms with Gasteiger partial charge in [0.05, 0.1) is 11.0 Å². The molecule has 0 heterocycles. The highest BCUT2D eigenvalue weighted by Crippen LogP contribution is 2.24. The number of halogens is 1. The monoisotopic (exact) mass is 290 g/mol. The molecular weight excluding hydrogens is 272 g/mol. The lowest BCUT2D eigenvalue weighted by Gasteiger charge is -2.18. The molecule has 0 spiro atoms. The van der Waals surface area contributed by atoms with Crippen molar-refractivity contribution in [1.82, 2.24) is 0 Å². The standard InChI is InChI=1S/C13H19ClO3S/c1-4-13(17-9-10(2)3)11-5-7-12(8-6-11)18(14,15)16/h5-8,10,13H,4,9H2,1-3H3. The Balaban J connectivity index is 2.82. The average Bonchev–Trinajstić information content (AvgIpc) is 2.29. The molecule has 0 fully saturated rings. The van der Waals surface area contributed by atoms with Gasteiger partial charge in [-0.15, -0.1) is 0 Å². The molecule has 0 bridgehead atoms. The molecule has 1 rings (SSSR count). The SMILES string of the molecule is CCC(OCC(C)C)c1ccc(S(=O)(=O)Cl)cc1. The Kier molecular flexibility index (Phi) is 5.63. The molecule has 0 aliphatic carbocycles. The topological polar surface area (TPSA) is 43.4 Å². The molecule has 18 heavy (non-hydrogen) atoms. The van der Waals surface area contributed by atoms with Gasteiger partial charge in [-0.05, 0) is 30.0 Å². The molecule has 0 aromatic heterocycles. The third-order valence-corrected chi connectivity index (χ3v) is 3.90. The highest BCUT2D eigenvalue weighted by molar-refractivity contribution is 8.13. The summed E-state index contributed by atoms with van der Waals surface area (Å²) in [6.45, 7) is 6.91. The molecular formula is C13H19ClO3S. The van der Waals surface area contributed by atoms with Crippen LogP contribution in [-0.4, -0.2) is 15.0 Å². The van der Waals surface area contributed by atoms with E-state index in [-0.39, 0.29) is 11.0 Å². The first-order chi connectivity index (χ1) is 8.34. The summed E-state index contributed by atoms with van der Waals surface area (Å²) in [7, 11) is 1.62. The Hall–Kier alpha value is -0.580. The average molecular weight is 291 g/mol. The van der Waals surface area contributed by atoms with E-state index in [1.807, 2.05) is 6.92 Å². The first kappa shape index (κ1) is 15.5. The molecule has 5 heteroatoms. The van der Waals surface area contributed by atoms with Gasteiger partial charge < -0.3 is 4.74 Å². The van der Waals surface area contributed by atoms with Gasteiger partial charge in [0.15, 0.2) is 0 Å². The van der Waals surface area contributed by atoms with E-state index in [1.54, 1.807) is 12.1 Å². The molecule has 0 N–H and O–H groups in total. The van der Waals surface area contributed by atoms with Crippen LogP contribution in [0.4, 0.5) is 0 Å². The number of hydrogen-bond donors (Lipinski definition) is 0. The van der Waals surface area contributed by atoms with Crippen molar-refractivity contribution in [2.75, 3.05) is 6.61 Å². The maximum Gasteiger partial charge on any atom is 0.261 e. The Bertz CT molecular complexity index is 466. The highest BCUT2D eigenvalue weighted by atomic mass is 35.7. The van der Waals surface area contributed by atoms with Crippen LogP contribution in [-0.2, 0) is 13.8 Å². The van der Waals surface area contributed by atoms with Gasteiger partial charge in [0, 0.05) is 17.3 Å². The predicted molar refractivity (Wildman–Crippen MR) is 73.3 cm³/mol. The second-order valence-electron chi connectivity index (χ2n) is 4.63. The lowest BCUT2D eigenvalue weighted by molar-refractivity contribution is 0.0326. The summed E-state index contributed by atoms with van der Waals surface area (Å²) in [5.74, 6) is 0.474. The van der Waals surface area contributed by atoms with E-state index in [2.05, 4.69) is 13.8 Å². The van der Waals surface area contributed by atoms with Crippen molar-refractivity contribution >= 4 is 19.7 Å². The van der Waals surface area contributed by atoms with Crippen LogP contribution in [0.2, 0.25) is 0 Å². The van der Waals surface area contributed by atoms with Gasteiger partial charge in [-0.25, -0.2) is 8.42 Å². The van der Waals surface area contributed by atoms with Gasteiger partial charge in [-0.2, -0.15) is 0 Å². The minimum atomic E-state index is -3.65. The van der Waals surface area contributed by atoms with E-state index in [0.29, 0.717) is 12.5 Å². The fourth-order valence-electron chi connectivity index (χ4n) is 1.60. The van der Waals surface area contributed by atoms with Crippen LogP contribution in [0.1, 0.15) is 38.9 Å². The van der Waals surface area contributed by atoms with Crippen molar-refractivity contribution in [2.24, 2.45) is 5.92 Å². The largest absolute Gasteiger partial charge is 0.373 e. The third kappa shape index (κ3) is 4.59. The third-order valence-electron chi connectivity index (χ3n) is 2.53. The summed E-state index contributed by atoms with van der Waals surface area (Å²) < 4.78 is 28.0. The van der Waals surface area contributed by atoms with Crippen LogP contribution in [0, 0.1) is 5.92 Å². The van der Waals surface area contributed by atoms with Crippen molar-refractivity contribution in [3.8, 4) is 0 Å². The maximum absolute atomic E-state index is 11.1. The molecule has 0 aliphatic heterocycles. The van der Waals surface area contributed by atoms with E-state index in [9.17, 15) is 8.42 Å². The number of rotatable bonds is 6. The minimum Gasteiger partial charge on any atom is -0.373 e. The van der Waals surface area contributed by atoms with Gasteiger partial charge in [-0.1, -0.05) is 32.9 Å². The summed E-state index contributed by atoms with van der Waals surface area (Å²) in [5.41, 5.74) is 0.974. The first-order valence-corrected chi connectivity index (χ1v) is 8.31. The van der Waals surface area contributed by atoms with Crippen LogP contribution < -0.4 is 0 Å². The van der Waals surface area contributed by atoms with Crippen molar-refractivity contribution in [3.63, 3.8) is 0 Å². The zero-order chi connectivity index (χ0) is 13.8. The molecule has 0 saturated carbocycles. The highest BCUT2D eigenvalue weighted by Gasteiger charge is 2.13. The van der Waals surface area contributed by atoms with Crippen LogP contribution in [0.15, 0.2) is 29.2 Å². The van der Waals surface area contributed by atoms with Gasteiger partial charge >= 0.3 is 0 Å². The summed E-state index contributed by atoms with van der Waals surface area (Å²) in [6, 6.07) is 6.53. The Labute approximate surface area is 114 Å². The van der Waals surface area contributed by atoms with E-state index in [0.717, 1.165) is 12.0 Å². The molecule has 0 saturated heterocycles. The fraction of sp³-hybridized carbons (Fsp3) is 0.538. The van der Waals surface area contributed by atoms with Crippen LogP contribution in [0.25, 0.3) is 0 Å². The molecule has 1 unspecified atom stereocenters. The normalized spacial score (nSPS) is 13.8. The molecule has 0 aliphatic rings. The maximum atomic E-state index is 11.1. The number of hydrogen-bond acceptors (Lipinski definition) is 3. The van der Waals surface area contributed by atoms with E-state index in [1.165, 1.54) is 12.1 Å². The summed E-state index contributed by atoms with van der Waals surface area (Å²) in [6.07, 6.45) is 0.846. The smallest absolute Gasteiger partial charge is 0.261 e. The minimum absolute atomic E-state index is 0.000482. The Morgan fingerprint density at radius 3 is 2.17 bits per heavy atom. The molecule has 3 nitrogen and oxygen atoms in total. The van der Waals surface area contributed by atoms with Crippen molar-refractivity contribution in [2.45, 2.75) is 38.2 Å². The van der Waals surface area contributed by atoms with E-state index >= 15 is 0 Å². The Morgan fingerprint density at radius 2 is 1.78 bits per heavy atom. The molecule has 0 amide bonds. The van der Waals surface area contributed by atoms with Gasteiger partial charge in [0.2, 0.25) is 0 Å². The summed E-state index contributed by atoms with van der Waals surface area (Å²) >= 11 is 0. The van der Waals surface area contributed by atoms with Crippen molar-refractivity contribution < 1.29 is 13.2 Å².